The van der Waals surface area contributed by atoms with Crippen LogP contribution in [0.25, 0.3) is 0 Å². The summed E-state index contributed by atoms with van der Waals surface area (Å²) in [5.41, 5.74) is 1.81. The Bertz CT molecular complexity index is 549. The van der Waals surface area contributed by atoms with Crippen LogP contribution >= 0.6 is 0 Å². The largest absolute Gasteiger partial charge is 0.456 e. The van der Waals surface area contributed by atoms with Gasteiger partial charge in [0.05, 0.1) is 6.20 Å². The molecule has 0 saturated heterocycles. The Kier molecular flexibility index (Phi) is 4.29. The van der Waals surface area contributed by atoms with Gasteiger partial charge >= 0.3 is 0 Å². The van der Waals surface area contributed by atoms with E-state index in [1.807, 2.05) is 12.1 Å². The highest BCUT2D eigenvalue weighted by Gasteiger charge is 2.04. The number of carbonyl (C=O) groups is 1. The highest BCUT2D eigenvalue weighted by molar-refractivity contribution is 5.74. The predicted molar refractivity (Wildman–Crippen MR) is 74.8 cm³/mol. The second kappa shape index (κ2) is 6.14. The third-order valence-electron chi connectivity index (χ3n) is 3.17. The number of benzene rings is 1. The minimum absolute atomic E-state index is 0.508. The van der Waals surface area contributed by atoms with Crippen molar-refractivity contribution >= 4 is 6.29 Å². The lowest BCUT2D eigenvalue weighted by atomic mass is 9.99. The molecule has 1 heterocycles. The van der Waals surface area contributed by atoms with Crippen LogP contribution in [0.2, 0.25) is 0 Å². The van der Waals surface area contributed by atoms with Crippen LogP contribution in [0, 0.1) is 0 Å². The smallest absolute Gasteiger partial charge is 0.151 e. The molecule has 0 aliphatic carbocycles. The molecule has 1 unspecified atom stereocenters. The molecule has 0 saturated carbocycles. The van der Waals surface area contributed by atoms with Crippen molar-refractivity contribution < 1.29 is 9.53 Å². The molecule has 0 spiro atoms. The van der Waals surface area contributed by atoms with E-state index < -0.39 is 0 Å². The molecule has 0 aliphatic rings. The number of aldehydes is 1. The molecule has 98 valence electrons. The standard InChI is InChI=1S/C16H17NO2/c1-3-12(2)14-4-6-15(7-5-14)19-16-8-13(11-18)9-17-10-16/h4-12H,3H2,1-2H3. The molecule has 0 radical (unpaired) electrons. The summed E-state index contributed by atoms with van der Waals surface area (Å²) in [5, 5.41) is 0. The van der Waals surface area contributed by atoms with E-state index in [2.05, 4.69) is 31.0 Å². The molecule has 1 aromatic carbocycles. The van der Waals surface area contributed by atoms with Gasteiger partial charge in [0.1, 0.15) is 11.5 Å². The van der Waals surface area contributed by atoms with Gasteiger partial charge in [0.15, 0.2) is 6.29 Å². The van der Waals surface area contributed by atoms with E-state index in [0.717, 1.165) is 18.5 Å². The van der Waals surface area contributed by atoms with Crippen LogP contribution in [0.4, 0.5) is 0 Å². The van der Waals surface area contributed by atoms with Gasteiger partial charge in [-0.05, 0) is 36.1 Å². The average Bonchev–Trinajstić information content (AvgIpc) is 2.47. The van der Waals surface area contributed by atoms with E-state index in [9.17, 15) is 4.79 Å². The number of pyridine rings is 1. The van der Waals surface area contributed by atoms with Gasteiger partial charge in [-0.2, -0.15) is 0 Å². The first kappa shape index (κ1) is 13.3. The zero-order valence-electron chi connectivity index (χ0n) is 11.2. The Morgan fingerprint density at radius 1 is 1.21 bits per heavy atom. The fourth-order valence-corrected chi connectivity index (χ4v) is 1.79. The monoisotopic (exact) mass is 255 g/mol. The van der Waals surface area contributed by atoms with E-state index >= 15 is 0 Å². The Morgan fingerprint density at radius 3 is 2.58 bits per heavy atom. The van der Waals surface area contributed by atoms with E-state index in [-0.39, 0.29) is 0 Å². The quantitative estimate of drug-likeness (QED) is 0.752. The van der Waals surface area contributed by atoms with Crippen molar-refractivity contribution in [2.24, 2.45) is 0 Å². The molecule has 0 fully saturated rings. The molecule has 0 N–H and O–H groups in total. The zero-order chi connectivity index (χ0) is 13.7. The van der Waals surface area contributed by atoms with E-state index in [1.165, 1.54) is 11.8 Å². The first-order valence-electron chi connectivity index (χ1n) is 6.41. The number of rotatable bonds is 5. The first-order valence-corrected chi connectivity index (χ1v) is 6.41. The van der Waals surface area contributed by atoms with Gasteiger partial charge in [-0.1, -0.05) is 26.0 Å². The topological polar surface area (TPSA) is 39.2 Å². The van der Waals surface area contributed by atoms with Gasteiger partial charge in [0.2, 0.25) is 0 Å². The van der Waals surface area contributed by atoms with Crippen LogP contribution in [0.1, 0.15) is 42.1 Å². The lowest BCUT2D eigenvalue weighted by molar-refractivity contribution is 0.112. The summed E-state index contributed by atoms with van der Waals surface area (Å²) in [7, 11) is 0. The van der Waals surface area contributed by atoms with E-state index in [4.69, 9.17) is 4.74 Å². The second-order valence-electron chi connectivity index (χ2n) is 4.55. The average molecular weight is 255 g/mol. The molecule has 2 rings (SSSR count). The number of carbonyl (C=O) groups excluding carboxylic acids is 1. The molecule has 2 aromatic rings. The van der Waals surface area contributed by atoms with Gasteiger partial charge in [0.25, 0.3) is 0 Å². The maximum Gasteiger partial charge on any atom is 0.151 e. The lowest BCUT2D eigenvalue weighted by Gasteiger charge is -2.10. The summed E-state index contributed by atoms with van der Waals surface area (Å²) in [6, 6.07) is 9.69. The van der Waals surface area contributed by atoms with Crippen LogP contribution in [0.3, 0.4) is 0 Å². The van der Waals surface area contributed by atoms with Gasteiger partial charge in [0, 0.05) is 11.8 Å². The number of hydrogen-bond acceptors (Lipinski definition) is 3. The van der Waals surface area contributed by atoms with Crippen molar-refractivity contribution in [3.63, 3.8) is 0 Å². The van der Waals surface area contributed by atoms with Crippen LogP contribution in [0.5, 0.6) is 11.5 Å². The van der Waals surface area contributed by atoms with Crippen molar-refractivity contribution in [1.29, 1.82) is 0 Å². The fourth-order valence-electron chi connectivity index (χ4n) is 1.79. The normalized spacial score (nSPS) is 11.9. The van der Waals surface area contributed by atoms with E-state index in [0.29, 0.717) is 17.2 Å². The highest BCUT2D eigenvalue weighted by Crippen LogP contribution is 2.25. The molecular weight excluding hydrogens is 238 g/mol. The van der Waals surface area contributed by atoms with Gasteiger partial charge in [-0.3, -0.25) is 9.78 Å². The molecule has 3 heteroatoms. The van der Waals surface area contributed by atoms with E-state index in [1.54, 1.807) is 12.3 Å². The van der Waals surface area contributed by atoms with Crippen molar-refractivity contribution in [1.82, 2.24) is 4.98 Å². The Labute approximate surface area is 113 Å². The SMILES string of the molecule is CCC(C)c1ccc(Oc2cncc(C=O)c2)cc1. The number of ether oxygens (including phenoxy) is 1. The van der Waals surface area contributed by atoms with Gasteiger partial charge in [-0.25, -0.2) is 0 Å². The summed E-state index contributed by atoms with van der Waals surface area (Å²) in [5.74, 6) is 1.87. The van der Waals surface area contributed by atoms with Crippen molar-refractivity contribution in [3.8, 4) is 11.5 Å². The number of hydrogen-bond donors (Lipinski definition) is 0. The van der Waals surface area contributed by atoms with Crippen molar-refractivity contribution in [2.45, 2.75) is 26.2 Å². The fraction of sp³-hybridized carbons (Fsp3) is 0.250. The summed E-state index contributed by atoms with van der Waals surface area (Å²) >= 11 is 0. The molecular formula is C16H17NO2. The maximum atomic E-state index is 10.7. The second-order valence-corrected chi connectivity index (χ2v) is 4.55. The minimum Gasteiger partial charge on any atom is -0.456 e. The Balaban J connectivity index is 2.12. The maximum absolute atomic E-state index is 10.7. The third kappa shape index (κ3) is 3.41. The third-order valence-corrected chi connectivity index (χ3v) is 3.17. The first-order chi connectivity index (χ1) is 9.22. The van der Waals surface area contributed by atoms with Gasteiger partial charge in [-0.15, -0.1) is 0 Å². The minimum atomic E-state index is 0.508. The molecule has 1 atom stereocenters. The van der Waals surface area contributed by atoms with Crippen LogP contribution in [-0.2, 0) is 0 Å². The van der Waals surface area contributed by atoms with Crippen LogP contribution in [-0.4, -0.2) is 11.3 Å². The lowest BCUT2D eigenvalue weighted by Crippen LogP contribution is -1.92. The molecule has 1 aromatic heterocycles. The molecule has 19 heavy (non-hydrogen) atoms. The van der Waals surface area contributed by atoms with Crippen LogP contribution in [0.15, 0.2) is 42.7 Å². The summed E-state index contributed by atoms with van der Waals surface area (Å²) in [6.07, 6.45) is 4.97. The summed E-state index contributed by atoms with van der Waals surface area (Å²) in [4.78, 5) is 14.6. The summed E-state index contributed by atoms with van der Waals surface area (Å²) in [6.45, 7) is 4.37. The molecule has 0 amide bonds. The Morgan fingerprint density at radius 2 is 1.95 bits per heavy atom. The van der Waals surface area contributed by atoms with Crippen molar-refractivity contribution in [2.75, 3.05) is 0 Å². The highest BCUT2D eigenvalue weighted by atomic mass is 16.5. The van der Waals surface area contributed by atoms with Crippen molar-refractivity contribution in [3.05, 3.63) is 53.9 Å². The summed E-state index contributed by atoms with van der Waals surface area (Å²) < 4.78 is 5.67. The van der Waals surface area contributed by atoms with Crippen LogP contribution < -0.4 is 4.74 Å². The van der Waals surface area contributed by atoms with Gasteiger partial charge < -0.3 is 4.74 Å². The predicted octanol–water partition coefficient (Wildman–Crippen LogP) is 4.20. The molecule has 0 bridgehead atoms. The Hall–Kier alpha value is -2.16. The zero-order valence-corrected chi connectivity index (χ0v) is 11.2. The molecule has 3 nitrogen and oxygen atoms in total. The number of aromatic nitrogens is 1. The number of nitrogens with zero attached hydrogens (tertiary/aromatic N) is 1. The molecule has 0 aliphatic heterocycles.